The first-order valence-corrected chi connectivity index (χ1v) is 16.7. The van der Waals surface area contributed by atoms with Crippen molar-refractivity contribution in [2.45, 2.75) is 45.0 Å². The number of methoxy groups -OCH3 is 1. The molecule has 8 nitrogen and oxygen atoms in total. The topological polar surface area (TPSA) is 100 Å². The van der Waals surface area contributed by atoms with Gasteiger partial charge >= 0.3 is 5.97 Å². The van der Waals surface area contributed by atoms with Crippen molar-refractivity contribution in [3.63, 3.8) is 0 Å². The standard InChI is InChI=1S/C36H39NO7S/c1-25-17-32(42-16-8-15-37-45(39,40)24-27-9-5-4-6-10-27)18-26(2)36(25)29-12-7-11-28(19-29)22-43-31-13-14-33-30(20-35(38)41-3)23-44-34(33)21-31/h4-7,9-14,17-19,21,30,37H,8,15-16,20,22-24H2,1-3H3/t30-/m1/s1. The highest BCUT2D eigenvalue weighted by molar-refractivity contribution is 7.88. The third-order valence-electron chi connectivity index (χ3n) is 7.74. The molecular weight excluding hydrogens is 590 g/mol. The molecule has 236 valence electrons. The summed E-state index contributed by atoms with van der Waals surface area (Å²) in [5.74, 6) is 1.91. The molecule has 0 unspecified atom stereocenters. The number of carbonyl (C=O) groups excluding carboxylic acids is 1. The van der Waals surface area contributed by atoms with Gasteiger partial charge < -0.3 is 18.9 Å². The Morgan fingerprint density at radius 3 is 2.40 bits per heavy atom. The monoisotopic (exact) mass is 629 g/mol. The summed E-state index contributed by atoms with van der Waals surface area (Å²) in [4.78, 5) is 11.7. The van der Waals surface area contributed by atoms with Crippen molar-refractivity contribution in [1.82, 2.24) is 4.72 Å². The molecule has 1 heterocycles. The van der Waals surface area contributed by atoms with Gasteiger partial charge in [-0.25, -0.2) is 13.1 Å². The van der Waals surface area contributed by atoms with E-state index in [9.17, 15) is 13.2 Å². The van der Waals surface area contributed by atoms with Crippen LogP contribution in [0, 0.1) is 13.8 Å². The molecule has 9 heteroatoms. The summed E-state index contributed by atoms with van der Waals surface area (Å²) >= 11 is 0. The van der Waals surface area contributed by atoms with E-state index in [1.165, 1.54) is 7.11 Å². The number of esters is 1. The average molecular weight is 630 g/mol. The molecule has 0 saturated carbocycles. The van der Waals surface area contributed by atoms with Gasteiger partial charge in [-0.05, 0) is 77.9 Å². The maximum Gasteiger partial charge on any atom is 0.306 e. The van der Waals surface area contributed by atoms with Crippen LogP contribution in [0.5, 0.6) is 17.2 Å². The second kappa shape index (κ2) is 14.6. The maximum atomic E-state index is 12.3. The molecule has 0 aliphatic carbocycles. The van der Waals surface area contributed by atoms with Crippen molar-refractivity contribution in [2.75, 3.05) is 26.9 Å². The van der Waals surface area contributed by atoms with E-state index in [4.69, 9.17) is 18.9 Å². The highest BCUT2D eigenvalue weighted by Gasteiger charge is 2.27. The zero-order valence-corrected chi connectivity index (χ0v) is 26.7. The number of nitrogens with one attached hydrogen (secondary N) is 1. The van der Waals surface area contributed by atoms with E-state index in [0.29, 0.717) is 45.0 Å². The van der Waals surface area contributed by atoms with Crippen molar-refractivity contribution in [3.8, 4) is 28.4 Å². The van der Waals surface area contributed by atoms with Crippen LogP contribution in [0.1, 0.15) is 46.6 Å². The molecule has 1 aliphatic heterocycles. The molecule has 0 radical (unpaired) electrons. The minimum absolute atomic E-state index is 0.00700. The molecule has 1 N–H and O–H groups in total. The Morgan fingerprint density at radius 1 is 0.889 bits per heavy atom. The second-order valence-corrected chi connectivity index (χ2v) is 13.1. The van der Waals surface area contributed by atoms with Gasteiger partial charge in [0, 0.05) is 24.1 Å². The Kier molecular flexibility index (Phi) is 10.4. The number of aryl methyl sites for hydroxylation is 2. The quantitative estimate of drug-likeness (QED) is 0.126. The Morgan fingerprint density at radius 2 is 1.64 bits per heavy atom. The zero-order chi connectivity index (χ0) is 31.8. The van der Waals surface area contributed by atoms with Crippen LogP contribution in [-0.2, 0) is 31.9 Å². The lowest BCUT2D eigenvalue weighted by Crippen LogP contribution is -2.27. The lowest BCUT2D eigenvalue weighted by atomic mass is 9.94. The summed E-state index contributed by atoms with van der Waals surface area (Å²) in [6.45, 7) is 5.69. The molecule has 4 aromatic rings. The van der Waals surface area contributed by atoms with Gasteiger partial charge in [-0.2, -0.15) is 0 Å². The second-order valence-electron chi connectivity index (χ2n) is 11.2. The van der Waals surface area contributed by atoms with E-state index in [1.54, 1.807) is 12.1 Å². The molecule has 45 heavy (non-hydrogen) atoms. The van der Waals surface area contributed by atoms with E-state index in [0.717, 1.165) is 50.4 Å². The average Bonchev–Trinajstić information content (AvgIpc) is 3.41. The third kappa shape index (κ3) is 8.65. The Labute approximate surface area is 265 Å². The Balaban J connectivity index is 1.14. The maximum absolute atomic E-state index is 12.3. The van der Waals surface area contributed by atoms with E-state index in [2.05, 4.69) is 30.7 Å². The van der Waals surface area contributed by atoms with Crippen LogP contribution in [0.2, 0.25) is 0 Å². The molecule has 0 amide bonds. The molecule has 5 rings (SSSR count). The van der Waals surface area contributed by atoms with Crippen LogP contribution in [0.3, 0.4) is 0 Å². The van der Waals surface area contributed by atoms with Gasteiger partial charge in [0.1, 0.15) is 23.9 Å². The summed E-state index contributed by atoms with van der Waals surface area (Å²) in [6.07, 6.45) is 0.849. The van der Waals surface area contributed by atoms with Crippen molar-refractivity contribution in [1.29, 1.82) is 0 Å². The third-order valence-corrected chi connectivity index (χ3v) is 9.10. The number of carbonyl (C=O) groups is 1. The zero-order valence-electron chi connectivity index (χ0n) is 25.9. The molecule has 4 aromatic carbocycles. The van der Waals surface area contributed by atoms with Crippen LogP contribution < -0.4 is 18.9 Å². The highest BCUT2D eigenvalue weighted by atomic mass is 32.2. The van der Waals surface area contributed by atoms with Crippen molar-refractivity contribution < 1.29 is 32.2 Å². The molecule has 1 aliphatic rings. The molecule has 0 saturated heterocycles. The van der Waals surface area contributed by atoms with E-state index >= 15 is 0 Å². The minimum Gasteiger partial charge on any atom is -0.494 e. The minimum atomic E-state index is -3.40. The molecule has 0 bridgehead atoms. The molecule has 0 fully saturated rings. The van der Waals surface area contributed by atoms with Gasteiger partial charge in [-0.1, -0.05) is 54.6 Å². The fraction of sp³-hybridized carbons (Fsp3) is 0.306. The van der Waals surface area contributed by atoms with Gasteiger partial charge in [0.05, 0.1) is 32.5 Å². The van der Waals surface area contributed by atoms with Crippen LogP contribution in [0.25, 0.3) is 11.1 Å². The number of hydrogen-bond donors (Lipinski definition) is 1. The molecule has 1 atom stereocenters. The van der Waals surface area contributed by atoms with Crippen LogP contribution >= 0.6 is 0 Å². The highest BCUT2D eigenvalue weighted by Crippen LogP contribution is 2.39. The van der Waals surface area contributed by atoms with Crippen LogP contribution in [0.15, 0.2) is 84.9 Å². The predicted molar refractivity (Wildman–Crippen MR) is 174 cm³/mol. The fourth-order valence-corrected chi connectivity index (χ4v) is 6.77. The summed E-state index contributed by atoms with van der Waals surface area (Å²) in [7, 11) is -2.00. The number of sulfonamides is 1. The van der Waals surface area contributed by atoms with Crippen LogP contribution in [0.4, 0.5) is 0 Å². The summed E-state index contributed by atoms with van der Waals surface area (Å²) in [6, 6.07) is 27.2. The largest absolute Gasteiger partial charge is 0.494 e. The number of fused-ring (bicyclic) bond motifs is 1. The van der Waals surface area contributed by atoms with Crippen molar-refractivity contribution in [3.05, 3.63) is 113 Å². The van der Waals surface area contributed by atoms with E-state index < -0.39 is 10.0 Å². The number of rotatable bonds is 14. The van der Waals surface area contributed by atoms with E-state index in [-0.39, 0.29) is 17.6 Å². The van der Waals surface area contributed by atoms with Crippen molar-refractivity contribution >= 4 is 16.0 Å². The van der Waals surface area contributed by atoms with E-state index in [1.807, 2.05) is 60.7 Å². The number of benzene rings is 4. The van der Waals surface area contributed by atoms with Crippen molar-refractivity contribution in [2.24, 2.45) is 0 Å². The predicted octanol–water partition coefficient (Wildman–Crippen LogP) is 6.48. The first-order valence-electron chi connectivity index (χ1n) is 15.0. The first kappa shape index (κ1) is 32.1. The Bertz CT molecular complexity index is 1710. The lowest BCUT2D eigenvalue weighted by Gasteiger charge is -2.15. The normalized spacial score (nSPS) is 14.0. The molecular formula is C36H39NO7S. The number of ether oxygens (including phenoxy) is 4. The van der Waals surface area contributed by atoms with Gasteiger partial charge in [-0.15, -0.1) is 0 Å². The summed E-state index contributed by atoms with van der Waals surface area (Å²) in [5, 5.41) is 0. The smallest absolute Gasteiger partial charge is 0.306 e. The molecule has 0 aromatic heterocycles. The SMILES string of the molecule is COC(=O)C[C@@H]1COc2cc(OCc3cccc(-c4c(C)cc(OCCCNS(=O)(=O)Cc5ccccc5)cc4C)c3)ccc21. The number of hydrogen-bond acceptors (Lipinski definition) is 7. The van der Waals surface area contributed by atoms with Gasteiger partial charge in [-0.3, -0.25) is 4.79 Å². The van der Waals surface area contributed by atoms with Gasteiger partial charge in [0.2, 0.25) is 10.0 Å². The Hall–Kier alpha value is -4.34. The van der Waals surface area contributed by atoms with Gasteiger partial charge in [0.15, 0.2) is 0 Å². The summed E-state index contributed by atoms with van der Waals surface area (Å²) in [5.41, 5.74) is 7.19. The molecule has 0 spiro atoms. The lowest BCUT2D eigenvalue weighted by molar-refractivity contribution is -0.141. The summed E-state index contributed by atoms with van der Waals surface area (Å²) < 4.78 is 50.0. The first-order chi connectivity index (χ1) is 21.7. The van der Waals surface area contributed by atoms with Crippen LogP contribution in [-0.4, -0.2) is 41.3 Å². The van der Waals surface area contributed by atoms with Gasteiger partial charge in [0.25, 0.3) is 0 Å². The fourth-order valence-electron chi connectivity index (χ4n) is 5.58.